The van der Waals surface area contributed by atoms with Gasteiger partial charge in [0.1, 0.15) is 12.4 Å². The summed E-state index contributed by atoms with van der Waals surface area (Å²) in [5.74, 6) is 1.66. The standard InChI is InChI=1S/C26H40N4O4/c1-32-24-19-21(18-22(25(24)33-2)20-34-23-10-4-3-5-11-23)26(31)30-17-9-16-29-14-7-6-13-28-15-8-12-27/h3-5,10-11,18-19,28-29H,6-9,12-17,20,27H2,1-2H3,(H,30,31). The molecule has 0 atom stereocenters. The zero-order valence-electron chi connectivity index (χ0n) is 20.5. The summed E-state index contributed by atoms with van der Waals surface area (Å²) in [5.41, 5.74) is 6.73. The normalized spacial score (nSPS) is 10.7. The molecule has 0 radical (unpaired) electrons. The summed E-state index contributed by atoms with van der Waals surface area (Å²) in [6.07, 6.45) is 4.15. The highest BCUT2D eigenvalue weighted by molar-refractivity contribution is 5.95. The second-order valence-corrected chi connectivity index (χ2v) is 7.93. The predicted octanol–water partition coefficient (Wildman–Crippen LogP) is 2.71. The highest BCUT2D eigenvalue weighted by atomic mass is 16.5. The predicted molar refractivity (Wildman–Crippen MR) is 136 cm³/mol. The molecule has 8 heteroatoms. The first-order chi connectivity index (χ1) is 16.7. The Balaban J connectivity index is 1.76. The van der Waals surface area contributed by atoms with E-state index in [2.05, 4.69) is 16.0 Å². The molecule has 2 rings (SSSR count). The van der Waals surface area contributed by atoms with E-state index in [4.69, 9.17) is 19.9 Å². The third-order valence-electron chi connectivity index (χ3n) is 5.29. The van der Waals surface area contributed by atoms with Crippen LogP contribution in [-0.2, 0) is 6.61 Å². The van der Waals surface area contributed by atoms with Gasteiger partial charge in [-0.15, -0.1) is 0 Å². The maximum Gasteiger partial charge on any atom is 0.251 e. The van der Waals surface area contributed by atoms with Gasteiger partial charge >= 0.3 is 0 Å². The van der Waals surface area contributed by atoms with Gasteiger partial charge in [0.25, 0.3) is 5.91 Å². The van der Waals surface area contributed by atoms with E-state index in [1.165, 1.54) is 0 Å². The van der Waals surface area contributed by atoms with Crippen molar-refractivity contribution < 1.29 is 19.0 Å². The number of benzene rings is 2. The number of para-hydroxylation sites is 1. The number of rotatable bonds is 18. The Morgan fingerprint density at radius 2 is 1.53 bits per heavy atom. The van der Waals surface area contributed by atoms with Crippen molar-refractivity contribution in [1.82, 2.24) is 16.0 Å². The molecule has 0 fully saturated rings. The van der Waals surface area contributed by atoms with Gasteiger partial charge in [0.15, 0.2) is 11.5 Å². The number of carbonyl (C=O) groups is 1. The van der Waals surface area contributed by atoms with Crippen molar-refractivity contribution in [3.05, 3.63) is 53.6 Å². The Morgan fingerprint density at radius 3 is 2.18 bits per heavy atom. The smallest absolute Gasteiger partial charge is 0.251 e. The van der Waals surface area contributed by atoms with Crippen molar-refractivity contribution in [1.29, 1.82) is 0 Å². The van der Waals surface area contributed by atoms with Crippen molar-refractivity contribution in [3.63, 3.8) is 0 Å². The monoisotopic (exact) mass is 472 g/mol. The lowest BCUT2D eigenvalue weighted by molar-refractivity contribution is 0.0952. The van der Waals surface area contributed by atoms with E-state index in [-0.39, 0.29) is 12.5 Å². The van der Waals surface area contributed by atoms with E-state index in [0.29, 0.717) is 23.6 Å². The molecule has 1 amide bonds. The Labute approximate surface area is 203 Å². The first kappa shape index (κ1) is 27.4. The van der Waals surface area contributed by atoms with Crippen LogP contribution in [-0.4, -0.2) is 59.4 Å². The average Bonchev–Trinajstić information content (AvgIpc) is 2.87. The van der Waals surface area contributed by atoms with Crippen molar-refractivity contribution in [2.24, 2.45) is 5.73 Å². The zero-order chi connectivity index (χ0) is 24.4. The Kier molecular flexibility index (Phi) is 13.5. The molecule has 0 heterocycles. The lowest BCUT2D eigenvalue weighted by Crippen LogP contribution is -2.28. The molecule has 0 aliphatic rings. The van der Waals surface area contributed by atoms with Gasteiger partial charge in [0.2, 0.25) is 0 Å². The van der Waals surface area contributed by atoms with E-state index < -0.39 is 0 Å². The van der Waals surface area contributed by atoms with Crippen LogP contribution in [0, 0.1) is 0 Å². The summed E-state index contributed by atoms with van der Waals surface area (Å²) in [6.45, 7) is 5.46. The molecule has 0 aliphatic carbocycles. The molecule has 0 spiro atoms. The molecular formula is C26H40N4O4. The quantitative estimate of drug-likeness (QED) is 0.247. The third-order valence-corrected chi connectivity index (χ3v) is 5.29. The van der Waals surface area contributed by atoms with Crippen LogP contribution in [0.15, 0.2) is 42.5 Å². The zero-order valence-corrected chi connectivity index (χ0v) is 20.5. The van der Waals surface area contributed by atoms with Crippen molar-refractivity contribution >= 4 is 5.91 Å². The summed E-state index contributed by atoms with van der Waals surface area (Å²) in [7, 11) is 3.14. The Morgan fingerprint density at radius 1 is 0.853 bits per heavy atom. The largest absolute Gasteiger partial charge is 0.493 e. The molecule has 0 bridgehead atoms. The van der Waals surface area contributed by atoms with E-state index in [1.807, 2.05) is 30.3 Å². The maximum absolute atomic E-state index is 12.7. The molecular weight excluding hydrogens is 432 g/mol. The third kappa shape index (κ3) is 9.99. The summed E-state index contributed by atoms with van der Waals surface area (Å²) >= 11 is 0. The van der Waals surface area contributed by atoms with E-state index >= 15 is 0 Å². The van der Waals surface area contributed by atoms with Gasteiger partial charge in [-0.2, -0.15) is 0 Å². The van der Waals surface area contributed by atoms with Crippen molar-refractivity contribution in [3.8, 4) is 17.2 Å². The highest BCUT2D eigenvalue weighted by Gasteiger charge is 2.16. The number of unbranched alkanes of at least 4 members (excludes halogenated alkanes) is 1. The number of nitrogens with one attached hydrogen (secondary N) is 3. The second-order valence-electron chi connectivity index (χ2n) is 7.93. The fourth-order valence-corrected chi connectivity index (χ4v) is 3.45. The molecule has 0 aliphatic heterocycles. The molecule has 0 aromatic heterocycles. The molecule has 2 aromatic carbocycles. The van der Waals surface area contributed by atoms with Crippen LogP contribution in [0.2, 0.25) is 0 Å². The number of ether oxygens (including phenoxy) is 3. The number of hydrogen-bond donors (Lipinski definition) is 4. The summed E-state index contributed by atoms with van der Waals surface area (Å²) < 4.78 is 16.8. The molecule has 8 nitrogen and oxygen atoms in total. The van der Waals surface area contributed by atoms with E-state index in [9.17, 15) is 4.79 Å². The van der Waals surface area contributed by atoms with Gasteiger partial charge < -0.3 is 35.9 Å². The molecule has 188 valence electrons. The van der Waals surface area contributed by atoms with Gasteiger partial charge in [0.05, 0.1) is 14.2 Å². The van der Waals surface area contributed by atoms with Crippen LogP contribution >= 0.6 is 0 Å². The first-order valence-electron chi connectivity index (χ1n) is 12.0. The highest BCUT2D eigenvalue weighted by Crippen LogP contribution is 2.33. The fourth-order valence-electron chi connectivity index (χ4n) is 3.45. The molecule has 34 heavy (non-hydrogen) atoms. The maximum atomic E-state index is 12.7. The second kappa shape index (κ2) is 16.7. The van der Waals surface area contributed by atoms with Crippen molar-refractivity contribution in [2.75, 3.05) is 53.5 Å². The SMILES string of the molecule is COc1cc(C(=O)NCCCNCCCCNCCCN)cc(COc2ccccc2)c1OC. The van der Waals surface area contributed by atoms with Crippen molar-refractivity contribution in [2.45, 2.75) is 32.3 Å². The minimum Gasteiger partial charge on any atom is -0.493 e. The van der Waals surface area contributed by atoms with Crippen LogP contribution in [0.3, 0.4) is 0 Å². The topological polar surface area (TPSA) is 107 Å². The van der Waals surface area contributed by atoms with Crippen LogP contribution in [0.1, 0.15) is 41.6 Å². The van der Waals surface area contributed by atoms with Gasteiger partial charge in [0, 0.05) is 17.7 Å². The van der Waals surface area contributed by atoms with Crippen LogP contribution in [0.5, 0.6) is 17.2 Å². The van der Waals surface area contributed by atoms with Gasteiger partial charge in [-0.25, -0.2) is 0 Å². The average molecular weight is 473 g/mol. The first-order valence-corrected chi connectivity index (χ1v) is 12.0. The Hall–Kier alpha value is -2.81. The lowest BCUT2D eigenvalue weighted by atomic mass is 10.1. The summed E-state index contributed by atoms with van der Waals surface area (Å²) in [4.78, 5) is 12.7. The number of hydrogen-bond acceptors (Lipinski definition) is 7. The fraction of sp³-hybridized carbons (Fsp3) is 0.500. The minimum absolute atomic E-state index is 0.148. The Bertz CT molecular complexity index is 833. The number of amides is 1. The molecule has 2 aromatic rings. The number of nitrogens with two attached hydrogens (primary N) is 1. The summed E-state index contributed by atoms with van der Waals surface area (Å²) in [5, 5.41) is 9.79. The van der Waals surface area contributed by atoms with Gasteiger partial charge in [-0.3, -0.25) is 4.79 Å². The molecule has 0 saturated carbocycles. The van der Waals surface area contributed by atoms with Crippen LogP contribution in [0.4, 0.5) is 0 Å². The molecule has 0 unspecified atom stereocenters. The molecule has 5 N–H and O–H groups in total. The van der Waals surface area contributed by atoms with Gasteiger partial charge in [-0.1, -0.05) is 18.2 Å². The van der Waals surface area contributed by atoms with E-state index in [0.717, 1.165) is 69.7 Å². The van der Waals surface area contributed by atoms with Crippen LogP contribution < -0.4 is 35.9 Å². The number of methoxy groups -OCH3 is 2. The number of carbonyl (C=O) groups excluding carboxylic acids is 1. The molecule has 0 saturated heterocycles. The summed E-state index contributed by atoms with van der Waals surface area (Å²) in [6, 6.07) is 13.0. The van der Waals surface area contributed by atoms with Crippen LogP contribution in [0.25, 0.3) is 0 Å². The minimum atomic E-state index is -0.148. The lowest BCUT2D eigenvalue weighted by Gasteiger charge is -2.16. The van der Waals surface area contributed by atoms with Gasteiger partial charge in [-0.05, 0) is 82.7 Å². The van der Waals surface area contributed by atoms with E-state index in [1.54, 1.807) is 26.4 Å².